The molecule has 292 valence electrons. The summed E-state index contributed by atoms with van der Waals surface area (Å²) in [5.41, 5.74) is 1.10. The first-order valence-corrected chi connectivity index (χ1v) is 18.6. The number of nitrogens with one attached hydrogen (secondary N) is 2. The third-order valence-corrected chi connectivity index (χ3v) is 9.14. The summed E-state index contributed by atoms with van der Waals surface area (Å²) >= 11 is 0. The Morgan fingerprint density at radius 1 is 0.774 bits per heavy atom. The van der Waals surface area contributed by atoms with Crippen LogP contribution in [0.15, 0.2) is 54.6 Å². The van der Waals surface area contributed by atoms with Crippen molar-refractivity contribution < 1.29 is 38.6 Å². The summed E-state index contributed by atoms with van der Waals surface area (Å²) in [7, 11) is 3.70. The van der Waals surface area contributed by atoms with Crippen LogP contribution in [0.3, 0.4) is 0 Å². The average Bonchev–Trinajstić information content (AvgIpc) is 4.01. The maximum absolute atomic E-state index is 11.7. The fourth-order valence-corrected chi connectivity index (χ4v) is 5.55. The van der Waals surface area contributed by atoms with Gasteiger partial charge in [-0.3, -0.25) is 24.0 Å². The Hall–Kier alpha value is -4.94. The number of carbonyl (C=O) groups is 6. The van der Waals surface area contributed by atoms with E-state index in [0.29, 0.717) is 23.9 Å². The zero-order valence-corrected chi connectivity index (χ0v) is 32.1. The van der Waals surface area contributed by atoms with Crippen LogP contribution in [0.2, 0.25) is 0 Å². The lowest BCUT2D eigenvalue weighted by molar-refractivity contribution is -0.128. The second-order valence-corrected chi connectivity index (χ2v) is 13.4. The number of likely N-dealkylation sites (tertiary alicyclic amines) is 3. The minimum atomic E-state index is -0.521. The number of phenolic OH excluding ortho intramolecular Hbond substituents is 1. The quantitative estimate of drug-likeness (QED) is 0.388. The van der Waals surface area contributed by atoms with Crippen molar-refractivity contribution in [1.29, 1.82) is 0 Å². The zero-order valence-electron chi connectivity index (χ0n) is 32.1. The van der Waals surface area contributed by atoms with Gasteiger partial charge in [-0.05, 0) is 70.6 Å². The van der Waals surface area contributed by atoms with Gasteiger partial charge in [0.25, 0.3) is 0 Å². The first-order valence-electron chi connectivity index (χ1n) is 18.6. The number of benzene rings is 2. The van der Waals surface area contributed by atoms with E-state index < -0.39 is 5.97 Å². The maximum atomic E-state index is 11.7. The van der Waals surface area contributed by atoms with Crippen molar-refractivity contribution in [2.45, 2.75) is 104 Å². The summed E-state index contributed by atoms with van der Waals surface area (Å²) in [6, 6.07) is 16.6. The summed E-state index contributed by atoms with van der Waals surface area (Å²) in [6.07, 6.45) is 8.93. The number of aromatic hydroxyl groups is 1. The molecule has 2 atom stereocenters. The Morgan fingerprint density at radius 3 is 1.77 bits per heavy atom. The molecule has 13 nitrogen and oxygen atoms in total. The number of ether oxygens (including phenoxy) is 1. The summed E-state index contributed by atoms with van der Waals surface area (Å²) in [5.74, 6) is 0.727. The van der Waals surface area contributed by atoms with E-state index in [2.05, 4.69) is 17.6 Å². The molecular formula is C40H59N5O8. The van der Waals surface area contributed by atoms with Crippen molar-refractivity contribution in [1.82, 2.24) is 25.3 Å². The molecule has 2 aromatic rings. The lowest BCUT2D eigenvalue weighted by Crippen LogP contribution is -2.25. The van der Waals surface area contributed by atoms with Gasteiger partial charge in [-0.1, -0.05) is 42.5 Å². The van der Waals surface area contributed by atoms with E-state index in [1.54, 1.807) is 21.9 Å². The van der Waals surface area contributed by atoms with Gasteiger partial charge in [0.1, 0.15) is 17.9 Å². The molecule has 5 aliphatic rings. The van der Waals surface area contributed by atoms with Crippen LogP contribution in [0.25, 0.3) is 0 Å². The van der Waals surface area contributed by atoms with E-state index >= 15 is 0 Å². The van der Waals surface area contributed by atoms with Crippen molar-refractivity contribution >= 4 is 35.5 Å². The molecule has 13 heteroatoms. The summed E-state index contributed by atoms with van der Waals surface area (Å²) in [5, 5.41) is 14.9. The molecule has 5 heterocycles. The molecule has 0 aromatic heterocycles. The smallest absolute Gasteiger partial charge is 0.342 e. The molecule has 5 saturated heterocycles. The molecule has 0 aliphatic carbocycles. The van der Waals surface area contributed by atoms with Crippen LogP contribution in [-0.4, -0.2) is 108 Å². The molecule has 7 rings (SSSR count). The molecule has 2 unspecified atom stereocenters. The highest BCUT2D eigenvalue weighted by Crippen LogP contribution is 2.17. The highest BCUT2D eigenvalue weighted by Gasteiger charge is 2.23. The van der Waals surface area contributed by atoms with Crippen LogP contribution < -0.4 is 10.6 Å². The van der Waals surface area contributed by atoms with Gasteiger partial charge in [-0.15, -0.1) is 0 Å². The Balaban J connectivity index is 0.000000232. The number of rotatable bonds is 4. The van der Waals surface area contributed by atoms with E-state index in [0.717, 1.165) is 96.0 Å². The van der Waals surface area contributed by atoms with Gasteiger partial charge in [-0.2, -0.15) is 0 Å². The molecule has 0 radical (unpaired) electrons. The van der Waals surface area contributed by atoms with Crippen molar-refractivity contribution in [2.75, 3.05) is 40.3 Å². The van der Waals surface area contributed by atoms with Crippen molar-refractivity contribution in [3.63, 3.8) is 0 Å². The van der Waals surface area contributed by atoms with Crippen LogP contribution >= 0.6 is 0 Å². The molecule has 0 spiro atoms. The predicted octanol–water partition coefficient (Wildman–Crippen LogP) is 4.42. The molecule has 3 N–H and O–H groups in total. The van der Waals surface area contributed by atoms with Crippen LogP contribution in [0.1, 0.15) is 101 Å². The fraction of sp³-hybridized carbons (Fsp3) is 0.550. The summed E-state index contributed by atoms with van der Waals surface area (Å²) in [4.78, 5) is 69.5. The SMILES string of the molecule is CC1CCC(=O)N1.CC1CCC(=O)N1C.CCN1CCCC1=O.CN1CCCC1=O.O=C(OCc1ccccc1)c1ccccc1O.O=C1CCCN1. The van der Waals surface area contributed by atoms with Gasteiger partial charge in [0.2, 0.25) is 29.5 Å². The molecule has 5 amide bonds. The van der Waals surface area contributed by atoms with Crippen LogP contribution in [0.4, 0.5) is 0 Å². The first-order chi connectivity index (χ1) is 25.3. The molecule has 53 heavy (non-hydrogen) atoms. The highest BCUT2D eigenvalue weighted by molar-refractivity contribution is 5.92. The number of para-hydroxylation sites is 1. The van der Waals surface area contributed by atoms with E-state index in [1.807, 2.05) is 63.2 Å². The lowest BCUT2D eigenvalue weighted by Gasteiger charge is -2.13. The van der Waals surface area contributed by atoms with Crippen LogP contribution in [0, 0.1) is 0 Å². The maximum Gasteiger partial charge on any atom is 0.342 e. The zero-order chi connectivity index (χ0) is 39.2. The number of carbonyl (C=O) groups excluding carboxylic acids is 6. The normalized spacial score (nSPS) is 19.9. The second kappa shape index (κ2) is 24.3. The van der Waals surface area contributed by atoms with E-state index in [4.69, 9.17) is 4.74 Å². The molecule has 0 bridgehead atoms. The minimum Gasteiger partial charge on any atom is -0.507 e. The third kappa shape index (κ3) is 17.4. The van der Waals surface area contributed by atoms with Gasteiger partial charge in [0, 0.05) is 84.5 Å². The lowest BCUT2D eigenvalue weighted by atomic mass is 10.2. The van der Waals surface area contributed by atoms with Crippen molar-refractivity contribution in [3.8, 4) is 5.75 Å². The minimum absolute atomic E-state index is 0.0643. The molecule has 2 aromatic carbocycles. The van der Waals surface area contributed by atoms with Gasteiger partial charge >= 0.3 is 5.97 Å². The number of nitrogens with zero attached hydrogens (tertiary/aromatic N) is 3. The fourth-order valence-electron chi connectivity index (χ4n) is 5.55. The molecule has 0 saturated carbocycles. The van der Waals surface area contributed by atoms with Gasteiger partial charge in [-0.25, -0.2) is 4.79 Å². The second-order valence-electron chi connectivity index (χ2n) is 13.4. The van der Waals surface area contributed by atoms with Gasteiger partial charge in [0.05, 0.1) is 0 Å². The first kappa shape index (κ1) is 44.2. The van der Waals surface area contributed by atoms with E-state index in [-0.39, 0.29) is 35.6 Å². The van der Waals surface area contributed by atoms with E-state index in [1.165, 1.54) is 12.1 Å². The van der Waals surface area contributed by atoms with Gasteiger partial charge < -0.3 is 35.2 Å². The topological polar surface area (TPSA) is 166 Å². The van der Waals surface area contributed by atoms with E-state index in [9.17, 15) is 33.9 Å². The molecule has 5 fully saturated rings. The monoisotopic (exact) mass is 737 g/mol. The number of hydrogen-bond acceptors (Lipinski definition) is 8. The van der Waals surface area contributed by atoms with Crippen molar-refractivity contribution in [2.24, 2.45) is 0 Å². The number of amides is 5. The Bertz CT molecular complexity index is 1460. The standard InChI is InChI=1S/C14H12O3.2C6H11NO.2C5H9NO.C4H7NO/c15-13-9-5-4-8-12(13)14(16)17-10-11-6-2-1-3-7-11;1-5-3-4-6(8)7(5)2;1-2-7-5-3-4-6(7)8;1-6-4-2-3-5(6)7;1-4-2-3-5(7)6-4;6-4-2-1-3-5-4/h1-9,15H,10H2;5H,3-4H2,1-2H3;2-5H2,1H3;2-4H2,1H3;4H,2-3H2,1H3,(H,6,7);1-3H2,(H,5,6). The van der Waals surface area contributed by atoms with Crippen LogP contribution in [0.5, 0.6) is 5.75 Å². The van der Waals surface area contributed by atoms with Crippen LogP contribution in [-0.2, 0) is 35.3 Å². The number of phenols is 1. The molecule has 5 aliphatic heterocycles. The molecular weight excluding hydrogens is 678 g/mol. The summed E-state index contributed by atoms with van der Waals surface area (Å²) < 4.78 is 5.10. The number of hydrogen-bond donors (Lipinski definition) is 3. The largest absolute Gasteiger partial charge is 0.507 e. The van der Waals surface area contributed by atoms with Crippen molar-refractivity contribution in [3.05, 3.63) is 65.7 Å². The predicted molar refractivity (Wildman–Crippen MR) is 203 cm³/mol. The Kier molecular flexibility index (Phi) is 20.3. The third-order valence-electron chi connectivity index (χ3n) is 9.14. The highest BCUT2D eigenvalue weighted by atomic mass is 16.5. The Labute approximate surface area is 314 Å². The Morgan fingerprint density at radius 2 is 1.43 bits per heavy atom. The number of esters is 1. The average molecular weight is 738 g/mol. The summed E-state index contributed by atoms with van der Waals surface area (Å²) in [6.45, 7) is 10.0. The van der Waals surface area contributed by atoms with Gasteiger partial charge in [0.15, 0.2) is 0 Å².